The van der Waals surface area contributed by atoms with E-state index in [1.807, 2.05) is 0 Å². The van der Waals surface area contributed by atoms with Crippen LogP contribution < -0.4 is 0 Å². The van der Waals surface area contributed by atoms with E-state index in [0.717, 1.165) is 0 Å². The number of thiol groups is 1. The van der Waals surface area contributed by atoms with Gasteiger partial charge in [-0.2, -0.15) is 0 Å². The lowest BCUT2D eigenvalue weighted by Gasteiger charge is -1.99. The summed E-state index contributed by atoms with van der Waals surface area (Å²) < 4.78 is 0. The Kier molecular flexibility index (Phi) is 1.79. The lowest BCUT2D eigenvalue weighted by atomic mass is 10.4. The molecule has 1 saturated heterocycles. The van der Waals surface area contributed by atoms with Gasteiger partial charge in [0.1, 0.15) is 0 Å². The van der Waals surface area contributed by atoms with Crippen LogP contribution in [0.15, 0.2) is 0 Å². The molecule has 0 saturated carbocycles. The molecule has 0 bridgehead atoms. The molecule has 0 N–H and O–H groups in total. The van der Waals surface area contributed by atoms with Crippen molar-refractivity contribution in [3.63, 3.8) is 0 Å². The molecule has 0 aromatic rings. The van der Waals surface area contributed by atoms with Crippen LogP contribution >= 0.6 is 19.0 Å². The Bertz CT molecular complexity index is 40.8. The van der Waals surface area contributed by atoms with E-state index in [9.17, 15) is 0 Å². The average Bonchev–Trinajstić information content (AvgIpc) is 1.86. The van der Waals surface area contributed by atoms with E-state index in [0.29, 0.717) is 10.5 Å². The third-order valence-corrected chi connectivity index (χ3v) is 4.47. The highest BCUT2D eigenvalue weighted by Gasteiger charge is 2.03. The molecule has 1 heterocycles. The molecular weight excluding hydrogens is 111 g/mol. The van der Waals surface area contributed by atoms with Crippen LogP contribution in [-0.2, 0) is 0 Å². The molecule has 1 atom stereocenters. The molecule has 0 amide bonds. The van der Waals surface area contributed by atoms with Crippen molar-refractivity contribution in [3.8, 4) is 0 Å². The zero-order valence-corrected chi connectivity index (χ0v) is 5.90. The monoisotopic (exact) mass is 122 g/mol. The summed E-state index contributed by atoms with van der Waals surface area (Å²) in [5.74, 6) is 3.03. The second kappa shape index (κ2) is 2.18. The van der Waals surface area contributed by atoms with Gasteiger partial charge in [-0.3, -0.25) is 0 Å². The van der Waals surface area contributed by atoms with Crippen molar-refractivity contribution in [2.24, 2.45) is 0 Å². The Balaban J connectivity index is 2.18. The molecule has 0 nitrogen and oxygen atoms in total. The third-order valence-electron chi connectivity index (χ3n) is 1.14. The maximum atomic E-state index is 2.94. The molecule has 1 aliphatic heterocycles. The average molecular weight is 122 g/mol. The molecule has 0 spiro atoms. The first kappa shape index (κ1) is 4.93. The van der Waals surface area contributed by atoms with Gasteiger partial charge in [-0.1, -0.05) is 8.44 Å². The molecule has 1 unspecified atom stereocenters. The van der Waals surface area contributed by atoms with Crippen LogP contribution in [0.5, 0.6) is 0 Å². The minimum atomic E-state index is 0.452. The van der Waals surface area contributed by atoms with Crippen molar-refractivity contribution >= 4 is 19.0 Å². The molecule has 0 aliphatic carbocycles. The molecular formula is C4H11PS. The van der Waals surface area contributed by atoms with Gasteiger partial charge in [0.15, 0.2) is 0 Å². The van der Waals surface area contributed by atoms with Gasteiger partial charge < -0.3 is 0 Å². The molecule has 2 heteroatoms. The fraction of sp³-hybridized carbons (Fsp3) is 1.00. The van der Waals surface area contributed by atoms with Crippen LogP contribution in [0.25, 0.3) is 0 Å². The van der Waals surface area contributed by atoms with Crippen LogP contribution in [-0.4, -0.2) is 11.5 Å². The quantitative estimate of drug-likeness (QED) is 0.366. The Morgan fingerprint density at radius 3 is 1.83 bits per heavy atom. The van der Waals surface area contributed by atoms with Crippen LogP contribution in [0.3, 0.4) is 0 Å². The molecule has 0 aromatic carbocycles. The smallest absolute Gasteiger partial charge is 0.0222 e. The molecule has 0 radical (unpaired) electrons. The summed E-state index contributed by atoms with van der Waals surface area (Å²) in [5, 5.41) is 0. The van der Waals surface area contributed by atoms with Crippen LogP contribution in [0.2, 0.25) is 0 Å². The van der Waals surface area contributed by atoms with Gasteiger partial charge in [0.2, 0.25) is 0 Å². The summed E-state index contributed by atoms with van der Waals surface area (Å²) in [4.78, 5) is 0. The standard InChI is InChI=1S/C4H11PS/c5-6-3-1-2-4-6/h6H,1-5H2. The maximum Gasteiger partial charge on any atom is -0.0222 e. The minimum absolute atomic E-state index is 0.452. The summed E-state index contributed by atoms with van der Waals surface area (Å²) in [6, 6.07) is 0. The normalized spacial score (nSPS) is 28.5. The molecule has 0 aromatic heterocycles. The zero-order chi connectivity index (χ0) is 4.41. The topological polar surface area (TPSA) is 0 Å². The number of hydrogen-bond acceptors (Lipinski definition) is 0. The van der Waals surface area contributed by atoms with E-state index >= 15 is 0 Å². The third kappa shape index (κ3) is 1.13. The summed E-state index contributed by atoms with van der Waals surface area (Å²) in [7, 11) is 3.39. The lowest BCUT2D eigenvalue weighted by Crippen LogP contribution is -1.63. The van der Waals surface area contributed by atoms with Gasteiger partial charge in [-0.15, -0.1) is 0 Å². The first-order valence-electron chi connectivity index (χ1n) is 2.39. The van der Waals surface area contributed by atoms with E-state index in [4.69, 9.17) is 0 Å². The molecule has 1 fully saturated rings. The number of hydrogen-bond donors (Lipinski definition) is 1. The van der Waals surface area contributed by atoms with E-state index in [1.54, 1.807) is 0 Å². The highest BCUT2D eigenvalue weighted by atomic mass is 32.7. The highest BCUT2D eigenvalue weighted by molar-refractivity contribution is 8.56. The van der Waals surface area contributed by atoms with Crippen molar-refractivity contribution in [3.05, 3.63) is 0 Å². The van der Waals surface area contributed by atoms with Gasteiger partial charge in [0.25, 0.3) is 0 Å². The van der Waals surface area contributed by atoms with Gasteiger partial charge in [-0.25, -0.2) is 10.5 Å². The van der Waals surface area contributed by atoms with E-state index in [2.05, 4.69) is 8.44 Å². The van der Waals surface area contributed by atoms with Gasteiger partial charge in [-0.05, 0) is 24.3 Å². The fourth-order valence-corrected chi connectivity index (χ4v) is 3.32. The van der Waals surface area contributed by atoms with Crippen molar-refractivity contribution in [1.29, 1.82) is 0 Å². The predicted octanol–water partition coefficient (Wildman–Crippen LogP) is 1.57. The van der Waals surface area contributed by atoms with Gasteiger partial charge in [0.05, 0.1) is 0 Å². The summed E-state index contributed by atoms with van der Waals surface area (Å²) in [6.45, 7) is 0. The molecule has 38 valence electrons. The lowest BCUT2D eigenvalue weighted by molar-refractivity contribution is 0.949. The fourth-order valence-electron chi connectivity index (χ4n) is 0.742. The highest BCUT2D eigenvalue weighted by Crippen LogP contribution is 2.40. The largest absolute Gasteiger partial charge is 0.238 e. The SMILES string of the molecule is P[SH]1CCCC1. The first-order valence-corrected chi connectivity index (χ1v) is 5.72. The van der Waals surface area contributed by atoms with E-state index in [1.165, 1.54) is 24.3 Å². The Hall–Kier alpha value is 0.780. The number of rotatable bonds is 0. The maximum absolute atomic E-state index is 2.94. The van der Waals surface area contributed by atoms with Crippen molar-refractivity contribution in [1.82, 2.24) is 0 Å². The van der Waals surface area contributed by atoms with E-state index in [-0.39, 0.29) is 0 Å². The second-order valence-electron chi connectivity index (χ2n) is 1.74. The van der Waals surface area contributed by atoms with Crippen molar-refractivity contribution in [2.75, 3.05) is 11.5 Å². The van der Waals surface area contributed by atoms with Crippen LogP contribution in [0.4, 0.5) is 0 Å². The molecule has 1 rings (SSSR count). The second-order valence-corrected chi connectivity index (χ2v) is 6.01. The first-order chi connectivity index (χ1) is 2.89. The molecule has 6 heavy (non-hydrogen) atoms. The Labute approximate surface area is 44.0 Å². The van der Waals surface area contributed by atoms with Gasteiger partial charge in [0, 0.05) is 0 Å². The van der Waals surface area contributed by atoms with Crippen LogP contribution in [0, 0.1) is 0 Å². The molecule has 1 aliphatic rings. The van der Waals surface area contributed by atoms with E-state index < -0.39 is 0 Å². The Morgan fingerprint density at radius 1 is 1.17 bits per heavy atom. The van der Waals surface area contributed by atoms with Crippen LogP contribution in [0.1, 0.15) is 12.8 Å². The Morgan fingerprint density at radius 2 is 1.67 bits per heavy atom. The minimum Gasteiger partial charge on any atom is -0.238 e. The zero-order valence-electron chi connectivity index (χ0n) is 3.85. The summed E-state index contributed by atoms with van der Waals surface area (Å²) in [5.41, 5.74) is 0. The summed E-state index contributed by atoms with van der Waals surface area (Å²) >= 11 is 0. The van der Waals surface area contributed by atoms with Gasteiger partial charge >= 0.3 is 0 Å². The van der Waals surface area contributed by atoms with Crippen molar-refractivity contribution in [2.45, 2.75) is 12.8 Å². The van der Waals surface area contributed by atoms with Crippen molar-refractivity contribution < 1.29 is 0 Å². The summed E-state index contributed by atoms with van der Waals surface area (Å²) in [6.07, 6.45) is 2.99. The predicted molar refractivity (Wildman–Crippen MR) is 37.7 cm³/mol.